The van der Waals surface area contributed by atoms with Gasteiger partial charge in [0.15, 0.2) is 0 Å². The Morgan fingerprint density at radius 1 is 1.14 bits per heavy atom. The molecule has 3 nitrogen and oxygen atoms in total. The molecule has 0 fully saturated rings. The summed E-state index contributed by atoms with van der Waals surface area (Å²) in [6, 6.07) is 3.98. The summed E-state index contributed by atoms with van der Waals surface area (Å²) in [5, 5.41) is 9.13. The Labute approximate surface area is 123 Å². The average Bonchev–Trinajstić information content (AvgIpc) is 2.35. The topological polar surface area (TPSA) is 39.9 Å². The highest BCUT2D eigenvalue weighted by Gasteiger charge is 2.33. The van der Waals surface area contributed by atoms with E-state index < -0.39 is 11.9 Å². The number of hydrogen-bond donors (Lipinski definition) is 0. The van der Waals surface area contributed by atoms with E-state index in [1.54, 1.807) is 4.90 Å². The van der Waals surface area contributed by atoms with E-state index >= 15 is 0 Å². The van der Waals surface area contributed by atoms with Crippen LogP contribution in [0.2, 0.25) is 0 Å². The summed E-state index contributed by atoms with van der Waals surface area (Å²) in [6.45, 7) is 9.03. The lowest BCUT2D eigenvalue weighted by Crippen LogP contribution is -2.33. The maximum atomic E-state index is 12.8. The van der Waals surface area contributed by atoms with Crippen molar-refractivity contribution in [1.29, 1.82) is 5.26 Å². The van der Waals surface area contributed by atoms with Gasteiger partial charge in [-0.15, -0.1) is 0 Å². The highest BCUT2D eigenvalue weighted by atomic mass is 19.4. The second-order valence-electron chi connectivity index (χ2n) is 5.87. The van der Waals surface area contributed by atoms with Crippen molar-refractivity contribution in [3.63, 3.8) is 0 Å². The van der Waals surface area contributed by atoms with E-state index in [9.17, 15) is 13.2 Å². The minimum Gasteiger partial charge on any atom is -0.355 e. The SMILES string of the molecule is CC(C)CN(CC(C)C)c1nc(C(F)(F)F)ccc1C#N. The van der Waals surface area contributed by atoms with Crippen LogP contribution in [0.1, 0.15) is 39.0 Å². The van der Waals surface area contributed by atoms with Crippen molar-refractivity contribution in [2.45, 2.75) is 33.9 Å². The van der Waals surface area contributed by atoms with Gasteiger partial charge in [-0.25, -0.2) is 4.98 Å². The van der Waals surface area contributed by atoms with E-state index in [1.165, 1.54) is 6.07 Å². The maximum Gasteiger partial charge on any atom is 0.433 e. The van der Waals surface area contributed by atoms with Crippen molar-refractivity contribution in [2.24, 2.45) is 11.8 Å². The van der Waals surface area contributed by atoms with Crippen LogP contribution in [0.5, 0.6) is 0 Å². The van der Waals surface area contributed by atoms with Gasteiger partial charge in [0.05, 0.1) is 5.56 Å². The minimum atomic E-state index is -4.51. The van der Waals surface area contributed by atoms with Gasteiger partial charge in [-0.3, -0.25) is 0 Å². The third-order valence-electron chi connectivity index (χ3n) is 2.76. The fourth-order valence-electron chi connectivity index (χ4n) is 2.06. The molecule has 0 N–H and O–H groups in total. The summed E-state index contributed by atoms with van der Waals surface area (Å²) in [4.78, 5) is 5.47. The number of nitriles is 1. The maximum absolute atomic E-state index is 12.8. The van der Waals surface area contributed by atoms with Gasteiger partial charge in [-0.1, -0.05) is 27.7 Å². The molecule has 0 bridgehead atoms. The molecule has 0 radical (unpaired) electrons. The molecular formula is C15H20F3N3. The predicted octanol–water partition coefficient (Wildman–Crippen LogP) is 4.09. The first-order valence-corrected chi connectivity index (χ1v) is 6.88. The molecule has 6 heteroatoms. The van der Waals surface area contributed by atoms with Gasteiger partial charge in [0.25, 0.3) is 0 Å². The molecule has 0 aromatic carbocycles. The van der Waals surface area contributed by atoms with Crippen molar-refractivity contribution in [2.75, 3.05) is 18.0 Å². The molecule has 0 aliphatic carbocycles. The first-order valence-electron chi connectivity index (χ1n) is 6.88. The number of nitrogens with zero attached hydrogens (tertiary/aromatic N) is 3. The van der Waals surface area contributed by atoms with Crippen molar-refractivity contribution >= 4 is 5.82 Å². The molecule has 116 valence electrons. The first-order chi connectivity index (χ1) is 9.65. The lowest BCUT2D eigenvalue weighted by molar-refractivity contribution is -0.141. The van der Waals surface area contributed by atoms with Gasteiger partial charge in [0, 0.05) is 13.1 Å². The number of halogens is 3. The lowest BCUT2D eigenvalue weighted by atomic mass is 10.1. The van der Waals surface area contributed by atoms with Crippen molar-refractivity contribution in [1.82, 2.24) is 4.98 Å². The van der Waals surface area contributed by atoms with Crippen LogP contribution in [-0.4, -0.2) is 18.1 Å². The molecule has 21 heavy (non-hydrogen) atoms. The van der Waals surface area contributed by atoms with Crippen LogP contribution in [0.3, 0.4) is 0 Å². The normalized spacial score (nSPS) is 11.8. The van der Waals surface area contributed by atoms with Crippen molar-refractivity contribution in [3.05, 3.63) is 23.4 Å². The molecular weight excluding hydrogens is 279 g/mol. The molecule has 0 saturated carbocycles. The van der Waals surface area contributed by atoms with Crippen molar-refractivity contribution in [3.8, 4) is 6.07 Å². The number of aromatic nitrogens is 1. The number of alkyl halides is 3. The zero-order chi connectivity index (χ0) is 16.2. The van der Waals surface area contributed by atoms with Gasteiger partial charge in [-0.2, -0.15) is 18.4 Å². The van der Waals surface area contributed by atoms with Gasteiger partial charge in [0.2, 0.25) is 0 Å². The molecule has 1 aromatic rings. The van der Waals surface area contributed by atoms with Gasteiger partial charge >= 0.3 is 6.18 Å². The second-order valence-corrected chi connectivity index (χ2v) is 5.87. The summed E-state index contributed by atoms with van der Waals surface area (Å²) in [7, 11) is 0. The first kappa shape index (κ1) is 17.3. The molecule has 0 saturated heterocycles. The fourth-order valence-corrected chi connectivity index (χ4v) is 2.06. The molecule has 0 amide bonds. The molecule has 1 rings (SSSR count). The molecule has 0 atom stereocenters. The van der Waals surface area contributed by atoms with E-state index in [2.05, 4.69) is 4.98 Å². The zero-order valence-electron chi connectivity index (χ0n) is 12.7. The molecule has 0 spiro atoms. The highest BCUT2D eigenvalue weighted by Crippen LogP contribution is 2.30. The highest BCUT2D eigenvalue weighted by molar-refractivity contribution is 5.54. The summed E-state index contributed by atoms with van der Waals surface area (Å²) >= 11 is 0. The smallest absolute Gasteiger partial charge is 0.355 e. The van der Waals surface area contributed by atoms with E-state index in [0.717, 1.165) is 6.07 Å². The van der Waals surface area contributed by atoms with Crippen LogP contribution < -0.4 is 4.90 Å². The Bertz CT molecular complexity index is 506. The minimum absolute atomic E-state index is 0.120. The van der Waals surface area contributed by atoms with Crippen LogP contribution >= 0.6 is 0 Å². The largest absolute Gasteiger partial charge is 0.433 e. The third-order valence-corrected chi connectivity index (χ3v) is 2.76. The summed E-state index contributed by atoms with van der Waals surface area (Å²) < 4.78 is 38.5. The standard InChI is InChI=1S/C15H20F3N3/c1-10(2)8-21(9-11(3)4)14-12(7-19)5-6-13(20-14)15(16,17)18/h5-6,10-11H,8-9H2,1-4H3. The quantitative estimate of drug-likeness (QED) is 0.822. The number of hydrogen-bond acceptors (Lipinski definition) is 3. The predicted molar refractivity (Wildman–Crippen MR) is 75.8 cm³/mol. The summed E-state index contributed by atoms with van der Waals surface area (Å²) in [6.07, 6.45) is -4.51. The van der Waals surface area contributed by atoms with Gasteiger partial charge in [0.1, 0.15) is 17.6 Å². The van der Waals surface area contributed by atoms with Gasteiger partial charge in [-0.05, 0) is 24.0 Å². The Balaban J connectivity index is 3.30. The fraction of sp³-hybridized carbons (Fsp3) is 0.600. The zero-order valence-corrected chi connectivity index (χ0v) is 12.7. The molecule has 0 aliphatic rings. The van der Waals surface area contributed by atoms with Gasteiger partial charge < -0.3 is 4.90 Å². The molecule has 1 heterocycles. The van der Waals surface area contributed by atoms with E-state index in [-0.39, 0.29) is 23.2 Å². The van der Waals surface area contributed by atoms with Crippen molar-refractivity contribution < 1.29 is 13.2 Å². The van der Waals surface area contributed by atoms with E-state index in [0.29, 0.717) is 13.1 Å². The molecule has 0 unspecified atom stereocenters. The van der Waals surface area contributed by atoms with E-state index in [4.69, 9.17) is 5.26 Å². The number of rotatable bonds is 5. The molecule has 0 aliphatic heterocycles. The summed E-state index contributed by atoms with van der Waals surface area (Å²) in [5.41, 5.74) is -0.793. The lowest BCUT2D eigenvalue weighted by Gasteiger charge is -2.28. The Morgan fingerprint density at radius 2 is 1.67 bits per heavy atom. The Kier molecular flexibility index (Phi) is 5.59. The van der Waals surface area contributed by atoms with Crippen LogP contribution in [0.4, 0.5) is 19.0 Å². The van der Waals surface area contributed by atoms with Crippen LogP contribution in [0.15, 0.2) is 12.1 Å². The number of pyridine rings is 1. The Morgan fingerprint density at radius 3 is 2.05 bits per heavy atom. The Hall–Kier alpha value is -1.77. The summed E-state index contributed by atoms with van der Waals surface area (Å²) in [5.74, 6) is 0.632. The number of anilines is 1. The molecule has 1 aromatic heterocycles. The third kappa shape index (κ3) is 4.92. The second kappa shape index (κ2) is 6.79. The van der Waals surface area contributed by atoms with Crippen LogP contribution in [-0.2, 0) is 6.18 Å². The van der Waals surface area contributed by atoms with Crippen LogP contribution in [0.25, 0.3) is 0 Å². The monoisotopic (exact) mass is 299 g/mol. The van der Waals surface area contributed by atoms with E-state index in [1.807, 2.05) is 33.8 Å². The average molecular weight is 299 g/mol. The van der Waals surface area contributed by atoms with Crippen LogP contribution in [0, 0.1) is 23.2 Å².